The lowest BCUT2D eigenvalue weighted by molar-refractivity contribution is 0.114. The van der Waals surface area contributed by atoms with Gasteiger partial charge in [0.2, 0.25) is 0 Å². The van der Waals surface area contributed by atoms with E-state index < -0.39 is 9.84 Å². The maximum Gasteiger partial charge on any atom is 0.191 e. The molecule has 1 aromatic carbocycles. The minimum atomic E-state index is -3.00. The molecule has 0 bridgehead atoms. The first kappa shape index (κ1) is 18.7. The molecule has 0 aromatic heterocycles. The summed E-state index contributed by atoms with van der Waals surface area (Å²) in [5.74, 6) is 0.843. The Bertz CT molecular complexity index is 636. The number of guanidine groups is 1. The van der Waals surface area contributed by atoms with E-state index in [-0.39, 0.29) is 11.9 Å². The molecular formula is C17H27N3O3S. The number of ether oxygens (including phenoxy) is 1. The molecule has 1 heterocycles. The Balaban J connectivity index is 1.89. The van der Waals surface area contributed by atoms with E-state index >= 15 is 0 Å². The van der Waals surface area contributed by atoms with E-state index in [1.165, 1.54) is 6.26 Å². The van der Waals surface area contributed by atoms with Crippen LogP contribution in [0, 0.1) is 0 Å². The van der Waals surface area contributed by atoms with Crippen LogP contribution in [0.5, 0.6) is 0 Å². The number of sulfone groups is 1. The van der Waals surface area contributed by atoms with Gasteiger partial charge < -0.3 is 15.4 Å². The first-order chi connectivity index (χ1) is 11.5. The third-order valence-corrected chi connectivity index (χ3v) is 4.59. The molecule has 134 valence electrons. The number of hydrogen-bond acceptors (Lipinski definition) is 4. The zero-order chi connectivity index (χ0) is 17.4. The predicted octanol–water partition coefficient (Wildman–Crippen LogP) is 1.47. The molecule has 1 aliphatic heterocycles. The van der Waals surface area contributed by atoms with E-state index in [4.69, 9.17) is 4.74 Å². The highest BCUT2D eigenvalue weighted by Gasteiger charge is 2.15. The van der Waals surface area contributed by atoms with Gasteiger partial charge in [-0.2, -0.15) is 0 Å². The summed E-state index contributed by atoms with van der Waals surface area (Å²) >= 11 is 0. The molecule has 1 unspecified atom stereocenters. The SMILES string of the molecule is CCNC(=NCc1ccc(CS(C)(=O)=O)cc1)NCC1CCCO1. The normalized spacial score (nSPS) is 18.6. The van der Waals surface area contributed by atoms with Crippen molar-refractivity contribution in [1.82, 2.24) is 10.6 Å². The molecule has 1 fully saturated rings. The topological polar surface area (TPSA) is 79.8 Å². The van der Waals surface area contributed by atoms with Gasteiger partial charge in [0.15, 0.2) is 15.8 Å². The summed E-state index contributed by atoms with van der Waals surface area (Å²) in [6, 6.07) is 7.54. The van der Waals surface area contributed by atoms with Gasteiger partial charge in [0.05, 0.1) is 18.4 Å². The van der Waals surface area contributed by atoms with Crippen LogP contribution in [-0.2, 0) is 26.9 Å². The van der Waals surface area contributed by atoms with Crippen LogP contribution in [0.3, 0.4) is 0 Å². The van der Waals surface area contributed by atoms with E-state index in [9.17, 15) is 8.42 Å². The van der Waals surface area contributed by atoms with Crippen molar-refractivity contribution in [3.63, 3.8) is 0 Å². The first-order valence-corrected chi connectivity index (χ1v) is 10.4. The van der Waals surface area contributed by atoms with Gasteiger partial charge in [-0.3, -0.25) is 0 Å². The van der Waals surface area contributed by atoms with Crippen LogP contribution in [0.15, 0.2) is 29.3 Å². The average molecular weight is 353 g/mol. The van der Waals surface area contributed by atoms with Gasteiger partial charge >= 0.3 is 0 Å². The maximum absolute atomic E-state index is 11.3. The number of rotatable bonds is 7. The number of nitrogens with zero attached hydrogens (tertiary/aromatic N) is 1. The van der Waals surface area contributed by atoms with Gasteiger partial charge in [-0.1, -0.05) is 24.3 Å². The van der Waals surface area contributed by atoms with Gasteiger partial charge in [-0.25, -0.2) is 13.4 Å². The number of hydrogen-bond donors (Lipinski definition) is 2. The zero-order valence-corrected chi connectivity index (χ0v) is 15.2. The van der Waals surface area contributed by atoms with Crippen LogP contribution in [0.25, 0.3) is 0 Å². The third kappa shape index (κ3) is 6.88. The quantitative estimate of drug-likeness (QED) is 0.573. The standard InChI is InChI=1S/C17H27N3O3S/c1-3-18-17(20-12-16-5-4-10-23-16)19-11-14-6-8-15(9-7-14)13-24(2,21)22/h6-9,16H,3-5,10-13H2,1-2H3,(H2,18,19,20). The highest BCUT2D eigenvalue weighted by molar-refractivity contribution is 7.89. The average Bonchev–Trinajstić information content (AvgIpc) is 3.03. The Labute approximate surface area is 144 Å². The summed E-state index contributed by atoms with van der Waals surface area (Å²) in [7, 11) is -3.00. The van der Waals surface area contributed by atoms with Crippen LogP contribution in [-0.4, -0.2) is 46.4 Å². The van der Waals surface area contributed by atoms with Crippen molar-refractivity contribution in [3.8, 4) is 0 Å². The lowest BCUT2D eigenvalue weighted by atomic mass is 10.1. The third-order valence-electron chi connectivity index (χ3n) is 3.74. The number of benzene rings is 1. The zero-order valence-electron chi connectivity index (χ0n) is 14.4. The second-order valence-corrected chi connectivity index (χ2v) is 8.24. The first-order valence-electron chi connectivity index (χ1n) is 8.35. The summed E-state index contributed by atoms with van der Waals surface area (Å²) in [4.78, 5) is 4.57. The number of aliphatic imine (C=N–C) groups is 1. The summed E-state index contributed by atoms with van der Waals surface area (Å²) < 4.78 is 28.2. The highest BCUT2D eigenvalue weighted by Crippen LogP contribution is 2.11. The molecule has 0 radical (unpaired) electrons. The van der Waals surface area contributed by atoms with Crippen molar-refractivity contribution in [2.45, 2.75) is 38.2 Å². The molecular weight excluding hydrogens is 326 g/mol. The van der Waals surface area contributed by atoms with Crippen LogP contribution < -0.4 is 10.6 Å². The van der Waals surface area contributed by atoms with Crippen LogP contribution in [0.4, 0.5) is 0 Å². The number of nitrogens with one attached hydrogen (secondary N) is 2. The van der Waals surface area contributed by atoms with Gasteiger partial charge in [-0.15, -0.1) is 0 Å². The molecule has 6 nitrogen and oxygen atoms in total. The van der Waals surface area contributed by atoms with Crippen LogP contribution in [0.2, 0.25) is 0 Å². The molecule has 2 rings (SSSR count). The van der Waals surface area contributed by atoms with E-state index in [2.05, 4.69) is 15.6 Å². The van der Waals surface area contributed by atoms with Crippen molar-refractivity contribution in [2.75, 3.05) is 26.0 Å². The van der Waals surface area contributed by atoms with E-state index in [1.54, 1.807) is 0 Å². The highest BCUT2D eigenvalue weighted by atomic mass is 32.2. The predicted molar refractivity (Wildman–Crippen MR) is 96.8 cm³/mol. The van der Waals surface area contributed by atoms with Crippen molar-refractivity contribution in [1.29, 1.82) is 0 Å². The Morgan fingerprint density at radius 2 is 1.96 bits per heavy atom. The van der Waals surface area contributed by atoms with Crippen LogP contribution >= 0.6 is 0 Å². The molecule has 2 N–H and O–H groups in total. The molecule has 0 saturated carbocycles. The van der Waals surface area contributed by atoms with Gasteiger partial charge in [0.1, 0.15) is 0 Å². The minimum absolute atomic E-state index is 0.0716. The van der Waals surface area contributed by atoms with Crippen LogP contribution in [0.1, 0.15) is 30.9 Å². The van der Waals surface area contributed by atoms with Crippen molar-refractivity contribution >= 4 is 15.8 Å². The molecule has 0 spiro atoms. The fourth-order valence-corrected chi connectivity index (χ4v) is 3.37. The van der Waals surface area contributed by atoms with Gasteiger partial charge in [0.25, 0.3) is 0 Å². The largest absolute Gasteiger partial charge is 0.376 e. The van der Waals surface area contributed by atoms with Crippen molar-refractivity contribution in [2.24, 2.45) is 4.99 Å². The molecule has 24 heavy (non-hydrogen) atoms. The summed E-state index contributed by atoms with van der Waals surface area (Å²) in [6.45, 7) is 4.98. The summed E-state index contributed by atoms with van der Waals surface area (Å²) in [5, 5.41) is 6.53. The van der Waals surface area contributed by atoms with Gasteiger partial charge in [-0.05, 0) is 30.9 Å². The fourth-order valence-electron chi connectivity index (χ4n) is 2.57. The molecule has 1 saturated heterocycles. The molecule has 0 amide bonds. The smallest absolute Gasteiger partial charge is 0.191 e. The Kier molecular flexibility index (Phi) is 7.05. The second-order valence-electron chi connectivity index (χ2n) is 6.10. The van der Waals surface area contributed by atoms with Crippen molar-refractivity contribution in [3.05, 3.63) is 35.4 Å². The lowest BCUT2D eigenvalue weighted by Gasteiger charge is -2.14. The summed E-state index contributed by atoms with van der Waals surface area (Å²) in [5.41, 5.74) is 1.84. The fraction of sp³-hybridized carbons (Fsp3) is 0.588. The molecule has 1 aliphatic rings. The van der Waals surface area contributed by atoms with Gasteiger partial charge in [0, 0.05) is 26.0 Å². The summed E-state index contributed by atoms with van der Waals surface area (Å²) in [6.07, 6.45) is 3.73. The van der Waals surface area contributed by atoms with Crippen molar-refractivity contribution < 1.29 is 13.2 Å². The lowest BCUT2D eigenvalue weighted by Crippen LogP contribution is -2.41. The Morgan fingerprint density at radius 1 is 1.25 bits per heavy atom. The maximum atomic E-state index is 11.3. The minimum Gasteiger partial charge on any atom is -0.376 e. The monoisotopic (exact) mass is 353 g/mol. The molecule has 7 heteroatoms. The molecule has 1 atom stereocenters. The Hall–Kier alpha value is -1.60. The van der Waals surface area contributed by atoms with E-state index in [0.717, 1.165) is 49.6 Å². The second kappa shape index (κ2) is 9.03. The molecule has 0 aliphatic carbocycles. The molecule has 1 aromatic rings. The van der Waals surface area contributed by atoms with E-state index in [1.807, 2.05) is 31.2 Å². The van der Waals surface area contributed by atoms with E-state index in [0.29, 0.717) is 6.54 Å². The Morgan fingerprint density at radius 3 is 2.54 bits per heavy atom.